The van der Waals surface area contributed by atoms with Gasteiger partial charge in [-0.1, -0.05) is 18.2 Å². The molecule has 1 N–H and O–H groups in total. The molecule has 1 atom stereocenters. The van der Waals surface area contributed by atoms with Gasteiger partial charge in [0.1, 0.15) is 5.76 Å². The van der Waals surface area contributed by atoms with Crippen LogP contribution < -0.4 is 10.2 Å². The summed E-state index contributed by atoms with van der Waals surface area (Å²) in [7, 11) is 0. The maximum absolute atomic E-state index is 12.3. The van der Waals surface area contributed by atoms with E-state index in [-0.39, 0.29) is 24.2 Å². The van der Waals surface area contributed by atoms with Crippen LogP contribution in [0.1, 0.15) is 23.8 Å². The average Bonchev–Trinajstić information content (AvgIpc) is 3.08. The lowest BCUT2D eigenvalue weighted by atomic mass is 10.1. The third kappa shape index (κ3) is 3.26. The lowest BCUT2D eigenvalue weighted by Gasteiger charge is -2.16. The normalized spacial score (nSPS) is 17.6. The first-order chi connectivity index (χ1) is 11.0. The van der Waals surface area contributed by atoms with E-state index in [0.29, 0.717) is 24.7 Å². The molecule has 120 valence electrons. The summed E-state index contributed by atoms with van der Waals surface area (Å²) in [6, 6.07) is 9.41. The number of para-hydroxylation sites is 1. The van der Waals surface area contributed by atoms with E-state index in [4.69, 9.17) is 4.42 Å². The minimum absolute atomic E-state index is 0.0250. The Morgan fingerprint density at radius 1 is 1.35 bits per heavy atom. The molecule has 1 aliphatic rings. The van der Waals surface area contributed by atoms with Crippen molar-refractivity contribution < 1.29 is 14.0 Å². The van der Waals surface area contributed by atoms with Gasteiger partial charge in [-0.25, -0.2) is 4.98 Å². The number of hydrogen-bond acceptors (Lipinski definition) is 4. The van der Waals surface area contributed by atoms with Crippen LogP contribution in [-0.4, -0.2) is 23.3 Å². The average molecular weight is 313 g/mol. The van der Waals surface area contributed by atoms with Crippen LogP contribution in [-0.2, 0) is 16.1 Å². The standard InChI is InChI=1S/C17H19N3O3/c1-11-15(23-12(2)19-11)9-18-17(22)13-8-16(21)20(10-13)14-6-4-3-5-7-14/h3-7,13H,8-10H2,1-2H3,(H,18,22). The van der Waals surface area contributed by atoms with Crippen LogP contribution in [0, 0.1) is 19.8 Å². The summed E-state index contributed by atoms with van der Waals surface area (Å²) < 4.78 is 5.44. The number of nitrogens with one attached hydrogen (secondary N) is 1. The van der Waals surface area contributed by atoms with Crippen molar-refractivity contribution in [3.8, 4) is 0 Å². The summed E-state index contributed by atoms with van der Waals surface area (Å²) >= 11 is 0. The molecule has 1 unspecified atom stereocenters. The number of oxazole rings is 1. The molecule has 0 aliphatic carbocycles. The molecule has 1 aromatic heterocycles. The molecule has 1 aliphatic heterocycles. The highest BCUT2D eigenvalue weighted by Gasteiger charge is 2.35. The molecule has 23 heavy (non-hydrogen) atoms. The predicted molar refractivity (Wildman–Crippen MR) is 84.7 cm³/mol. The zero-order chi connectivity index (χ0) is 16.4. The van der Waals surface area contributed by atoms with Crippen LogP contribution in [0.5, 0.6) is 0 Å². The summed E-state index contributed by atoms with van der Waals surface area (Å²) in [6.45, 7) is 4.31. The largest absolute Gasteiger partial charge is 0.444 e. The molecule has 1 aromatic carbocycles. The lowest BCUT2D eigenvalue weighted by molar-refractivity contribution is -0.126. The highest BCUT2D eigenvalue weighted by molar-refractivity contribution is 6.00. The molecule has 1 fully saturated rings. The molecule has 1 saturated heterocycles. The van der Waals surface area contributed by atoms with Crippen molar-refractivity contribution in [2.75, 3.05) is 11.4 Å². The van der Waals surface area contributed by atoms with Gasteiger partial charge in [0.25, 0.3) is 0 Å². The second kappa shape index (κ2) is 6.24. The third-order valence-electron chi connectivity index (χ3n) is 3.99. The number of rotatable bonds is 4. The molecular weight excluding hydrogens is 294 g/mol. The van der Waals surface area contributed by atoms with Gasteiger partial charge in [-0.3, -0.25) is 9.59 Å². The Bertz CT molecular complexity index is 724. The molecule has 2 amide bonds. The molecule has 6 nitrogen and oxygen atoms in total. The fourth-order valence-corrected chi connectivity index (χ4v) is 2.79. The molecule has 0 saturated carbocycles. The number of carbonyl (C=O) groups is 2. The Kier molecular flexibility index (Phi) is 4.14. The number of carbonyl (C=O) groups excluding carboxylic acids is 2. The monoisotopic (exact) mass is 313 g/mol. The Morgan fingerprint density at radius 2 is 2.09 bits per heavy atom. The highest BCUT2D eigenvalue weighted by Crippen LogP contribution is 2.25. The summed E-state index contributed by atoms with van der Waals surface area (Å²) in [5, 5.41) is 2.84. The van der Waals surface area contributed by atoms with Crippen LogP contribution in [0.3, 0.4) is 0 Å². The van der Waals surface area contributed by atoms with Gasteiger partial charge in [-0.15, -0.1) is 0 Å². The number of benzene rings is 1. The molecule has 3 rings (SSSR count). The van der Waals surface area contributed by atoms with Crippen molar-refractivity contribution in [2.24, 2.45) is 5.92 Å². The fourth-order valence-electron chi connectivity index (χ4n) is 2.79. The maximum atomic E-state index is 12.3. The predicted octanol–water partition coefficient (Wildman–Crippen LogP) is 1.96. The van der Waals surface area contributed by atoms with Crippen molar-refractivity contribution in [3.63, 3.8) is 0 Å². The lowest BCUT2D eigenvalue weighted by Crippen LogP contribution is -2.32. The SMILES string of the molecule is Cc1nc(C)c(CNC(=O)C2CC(=O)N(c3ccccc3)C2)o1. The molecule has 2 aromatic rings. The van der Waals surface area contributed by atoms with Crippen molar-refractivity contribution in [1.82, 2.24) is 10.3 Å². The van der Waals surface area contributed by atoms with Crippen LogP contribution in [0.4, 0.5) is 5.69 Å². The number of anilines is 1. The van der Waals surface area contributed by atoms with Crippen LogP contribution in [0.15, 0.2) is 34.7 Å². The quantitative estimate of drug-likeness (QED) is 0.936. The molecule has 0 spiro atoms. The van der Waals surface area contributed by atoms with E-state index < -0.39 is 0 Å². The fraction of sp³-hybridized carbons (Fsp3) is 0.353. The van der Waals surface area contributed by atoms with E-state index in [9.17, 15) is 9.59 Å². The summed E-state index contributed by atoms with van der Waals surface area (Å²) in [5.41, 5.74) is 1.60. The maximum Gasteiger partial charge on any atom is 0.227 e. The van der Waals surface area contributed by atoms with Crippen molar-refractivity contribution in [2.45, 2.75) is 26.8 Å². The van der Waals surface area contributed by atoms with Crippen LogP contribution in [0.25, 0.3) is 0 Å². The number of aryl methyl sites for hydroxylation is 2. The second-order valence-corrected chi connectivity index (χ2v) is 5.70. The van der Waals surface area contributed by atoms with E-state index in [1.807, 2.05) is 37.3 Å². The van der Waals surface area contributed by atoms with E-state index in [1.54, 1.807) is 11.8 Å². The van der Waals surface area contributed by atoms with Crippen molar-refractivity contribution in [3.05, 3.63) is 47.7 Å². The third-order valence-corrected chi connectivity index (χ3v) is 3.99. The minimum Gasteiger partial charge on any atom is -0.444 e. The number of hydrogen-bond donors (Lipinski definition) is 1. The first kappa shape index (κ1) is 15.3. The summed E-state index contributed by atoms with van der Waals surface area (Å²) in [4.78, 5) is 30.3. The number of nitrogens with zero attached hydrogens (tertiary/aromatic N) is 2. The van der Waals surface area contributed by atoms with E-state index >= 15 is 0 Å². The van der Waals surface area contributed by atoms with E-state index in [1.165, 1.54) is 0 Å². The van der Waals surface area contributed by atoms with Gasteiger partial charge in [0.2, 0.25) is 11.8 Å². The van der Waals surface area contributed by atoms with Gasteiger partial charge < -0.3 is 14.6 Å². The zero-order valence-corrected chi connectivity index (χ0v) is 13.2. The first-order valence-electron chi connectivity index (χ1n) is 7.60. The van der Waals surface area contributed by atoms with Gasteiger partial charge >= 0.3 is 0 Å². The molecule has 0 bridgehead atoms. The van der Waals surface area contributed by atoms with Gasteiger partial charge in [-0.05, 0) is 19.1 Å². The van der Waals surface area contributed by atoms with Crippen LogP contribution in [0.2, 0.25) is 0 Å². The van der Waals surface area contributed by atoms with Gasteiger partial charge in [0.05, 0.1) is 18.2 Å². The van der Waals surface area contributed by atoms with E-state index in [0.717, 1.165) is 11.4 Å². The Hall–Kier alpha value is -2.63. The second-order valence-electron chi connectivity index (χ2n) is 5.70. The van der Waals surface area contributed by atoms with Gasteiger partial charge in [-0.2, -0.15) is 0 Å². The molecule has 0 radical (unpaired) electrons. The molecule has 6 heteroatoms. The molecule has 2 heterocycles. The number of aromatic nitrogens is 1. The Morgan fingerprint density at radius 3 is 2.74 bits per heavy atom. The Labute approximate surface area is 134 Å². The minimum atomic E-state index is -0.341. The van der Waals surface area contributed by atoms with Crippen LogP contribution >= 0.6 is 0 Å². The summed E-state index contributed by atoms with van der Waals surface area (Å²) in [5.74, 6) is 0.735. The van der Waals surface area contributed by atoms with Crippen molar-refractivity contribution >= 4 is 17.5 Å². The van der Waals surface area contributed by atoms with E-state index in [2.05, 4.69) is 10.3 Å². The Balaban J connectivity index is 1.61. The van der Waals surface area contributed by atoms with Gasteiger partial charge in [0, 0.05) is 25.6 Å². The topological polar surface area (TPSA) is 75.4 Å². The first-order valence-corrected chi connectivity index (χ1v) is 7.60. The summed E-state index contributed by atoms with van der Waals surface area (Å²) in [6.07, 6.45) is 0.231. The molecular formula is C17H19N3O3. The highest BCUT2D eigenvalue weighted by atomic mass is 16.4. The number of amides is 2. The smallest absolute Gasteiger partial charge is 0.227 e. The van der Waals surface area contributed by atoms with Gasteiger partial charge in [0.15, 0.2) is 5.89 Å². The van der Waals surface area contributed by atoms with Crippen molar-refractivity contribution in [1.29, 1.82) is 0 Å². The zero-order valence-electron chi connectivity index (χ0n) is 13.2.